The number of benzene rings is 1. The average molecular weight is 452 g/mol. The van der Waals surface area contributed by atoms with E-state index in [1.54, 1.807) is 18.5 Å². The zero-order valence-corrected chi connectivity index (χ0v) is 18.4. The van der Waals surface area contributed by atoms with Gasteiger partial charge in [-0.15, -0.1) is 0 Å². The number of rotatable bonds is 7. The molecular weight excluding hydrogens is 429 g/mol. The van der Waals surface area contributed by atoms with E-state index >= 15 is 0 Å². The summed E-state index contributed by atoms with van der Waals surface area (Å²) in [6.07, 6.45) is 2.86. The summed E-state index contributed by atoms with van der Waals surface area (Å²) >= 11 is 0. The summed E-state index contributed by atoms with van der Waals surface area (Å²) in [5.41, 5.74) is 2.08. The SMILES string of the molecule is Cc1ncc(-c2cc(NCC(C)C(C)c3cccc4c(C(F)F)c(F)cnc34)ncn2)cn1. The van der Waals surface area contributed by atoms with Crippen LogP contribution in [0.15, 0.2) is 49.2 Å². The van der Waals surface area contributed by atoms with Gasteiger partial charge in [-0.1, -0.05) is 32.0 Å². The molecule has 4 aromatic rings. The van der Waals surface area contributed by atoms with Gasteiger partial charge in [0.15, 0.2) is 5.82 Å². The lowest BCUT2D eigenvalue weighted by Gasteiger charge is -2.22. The van der Waals surface area contributed by atoms with Crippen molar-refractivity contribution in [1.82, 2.24) is 24.9 Å². The lowest BCUT2D eigenvalue weighted by atomic mass is 9.87. The number of nitrogens with one attached hydrogen (secondary N) is 1. The smallest absolute Gasteiger partial charge is 0.267 e. The van der Waals surface area contributed by atoms with Crippen LogP contribution in [0.3, 0.4) is 0 Å². The van der Waals surface area contributed by atoms with Crippen molar-refractivity contribution in [3.63, 3.8) is 0 Å². The van der Waals surface area contributed by atoms with Crippen molar-refractivity contribution in [3.05, 3.63) is 72.0 Å². The number of para-hydroxylation sites is 1. The molecule has 1 aromatic carbocycles. The summed E-state index contributed by atoms with van der Waals surface area (Å²) in [6.45, 7) is 6.43. The molecule has 0 fully saturated rings. The summed E-state index contributed by atoms with van der Waals surface area (Å²) in [4.78, 5) is 21.1. The van der Waals surface area contributed by atoms with Crippen LogP contribution in [0.25, 0.3) is 22.2 Å². The van der Waals surface area contributed by atoms with Crippen molar-refractivity contribution in [2.45, 2.75) is 33.1 Å². The first-order chi connectivity index (χ1) is 15.8. The molecule has 2 atom stereocenters. The monoisotopic (exact) mass is 452 g/mol. The lowest BCUT2D eigenvalue weighted by molar-refractivity contribution is 0.148. The van der Waals surface area contributed by atoms with Gasteiger partial charge in [-0.2, -0.15) is 0 Å². The van der Waals surface area contributed by atoms with E-state index in [2.05, 4.69) is 30.2 Å². The first kappa shape index (κ1) is 22.6. The number of aromatic nitrogens is 5. The van der Waals surface area contributed by atoms with Crippen molar-refractivity contribution in [1.29, 1.82) is 0 Å². The van der Waals surface area contributed by atoms with E-state index in [-0.39, 0.29) is 17.2 Å². The number of anilines is 1. The van der Waals surface area contributed by atoms with Crippen molar-refractivity contribution in [2.24, 2.45) is 5.92 Å². The highest BCUT2D eigenvalue weighted by atomic mass is 19.3. The maximum atomic E-state index is 14.0. The van der Waals surface area contributed by atoms with E-state index < -0.39 is 17.8 Å². The maximum absolute atomic E-state index is 14.0. The summed E-state index contributed by atoms with van der Waals surface area (Å²) in [7, 11) is 0. The highest BCUT2D eigenvalue weighted by Crippen LogP contribution is 2.35. The van der Waals surface area contributed by atoms with Gasteiger partial charge < -0.3 is 5.32 Å². The van der Waals surface area contributed by atoms with Crippen LogP contribution >= 0.6 is 0 Å². The van der Waals surface area contributed by atoms with Gasteiger partial charge in [0.1, 0.15) is 18.0 Å². The van der Waals surface area contributed by atoms with Crippen molar-refractivity contribution >= 4 is 16.7 Å². The molecule has 0 saturated heterocycles. The maximum Gasteiger partial charge on any atom is 0.267 e. The molecule has 6 nitrogen and oxygen atoms in total. The van der Waals surface area contributed by atoms with Crippen molar-refractivity contribution < 1.29 is 13.2 Å². The van der Waals surface area contributed by atoms with Gasteiger partial charge in [0.25, 0.3) is 6.43 Å². The van der Waals surface area contributed by atoms with Gasteiger partial charge in [-0.3, -0.25) is 4.98 Å². The molecule has 33 heavy (non-hydrogen) atoms. The molecule has 2 unspecified atom stereocenters. The molecule has 3 heterocycles. The molecule has 0 aliphatic heterocycles. The fourth-order valence-corrected chi connectivity index (χ4v) is 3.72. The Morgan fingerprint density at radius 3 is 2.45 bits per heavy atom. The van der Waals surface area contributed by atoms with Gasteiger partial charge in [0.2, 0.25) is 0 Å². The zero-order chi connectivity index (χ0) is 23.5. The third-order valence-electron chi connectivity index (χ3n) is 5.83. The second-order valence-electron chi connectivity index (χ2n) is 8.02. The first-order valence-electron chi connectivity index (χ1n) is 10.5. The Morgan fingerprint density at radius 1 is 0.970 bits per heavy atom. The summed E-state index contributed by atoms with van der Waals surface area (Å²) in [5.74, 6) is 0.406. The molecule has 0 saturated carbocycles. The van der Waals surface area contributed by atoms with Crippen LogP contribution < -0.4 is 5.32 Å². The Balaban J connectivity index is 1.52. The van der Waals surface area contributed by atoms with E-state index in [1.807, 2.05) is 32.9 Å². The third kappa shape index (κ3) is 4.76. The third-order valence-corrected chi connectivity index (χ3v) is 5.83. The fourth-order valence-electron chi connectivity index (χ4n) is 3.72. The molecule has 0 aliphatic rings. The van der Waals surface area contributed by atoms with Crippen LogP contribution in [0.5, 0.6) is 0 Å². The number of alkyl halides is 2. The predicted octanol–water partition coefficient (Wildman–Crippen LogP) is 5.72. The number of aryl methyl sites for hydroxylation is 1. The molecule has 0 aliphatic carbocycles. The molecule has 9 heteroatoms. The molecule has 0 radical (unpaired) electrons. The molecule has 4 rings (SSSR count). The van der Waals surface area contributed by atoms with Gasteiger partial charge in [0, 0.05) is 36.0 Å². The lowest BCUT2D eigenvalue weighted by Crippen LogP contribution is -2.18. The first-order valence-corrected chi connectivity index (χ1v) is 10.5. The number of hydrogen-bond donors (Lipinski definition) is 1. The fraction of sp³-hybridized carbons (Fsp3) is 0.292. The topological polar surface area (TPSA) is 76.5 Å². The normalized spacial score (nSPS) is 13.3. The molecule has 0 bridgehead atoms. The van der Waals surface area contributed by atoms with Crippen LogP contribution in [0, 0.1) is 18.7 Å². The minimum absolute atomic E-state index is 0.0310. The number of fused-ring (bicyclic) bond motifs is 1. The number of halogens is 3. The van der Waals surface area contributed by atoms with Gasteiger partial charge in [0.05, 0.1) is 23.0 Å². The van der Waals surface area contributed by atoms with Crippen LogP contribution in [-0.2, 0) is 0 Å². The van der Waals surface area contributed by atoms with E-state index in [0.717, 1.165) is 17.3 Å². The zero-order valence-electron chi connectivity index (χ0n) is 18.4. The number of nitrogens with zero attached hydrogens (tertiary/aromatic N) is 5. The number of hydrogen-bond acceptors (Lipinski definition) is 6. The van der Waals surface area contributed by atoms with Crippen LogP contribution in [0.2, 0.25) is 0 Å². The Morgan fingerprint density at radius 2 is 1.73 bits per heavy atom. The molecule has 170 valence electrons. The van der Waals surface area contributed by atoms with E-state index in [0.29, 0.717) is 29.4 Å². The van der Waals surface area contributed by atoms with Crippen molar-refractivity contribution in [3.8, 4) is 11.3 Å². The Labute approximate surface area is 189 Å². The highest BCUT2D eigenvalue weighted by molar-refractivity contribution is 5.85. The molecule has 3 aromatic heterocycles. The summed E-state index contributed by atoms with van der Waals surface area (Å²) in [5, 5.41) is 3.46. The van der Waals surface area contributed by atoms with Gasteiger partial charge in [-0.05, 0) is 24.3 Å². The minimum atomic E-state index is -2.91. The van der Waals surface area contributed by atoms with Gasteiger partial charge in [-0.25, -0.2) is 33.1 Å². The van der Waals surface area contributed by atoms with Crippen molar-refractivity contribution in [2.75, 3.05) is 11.9 Å². The second kappa shape index (κ2) is 9.48. The number of pyridine rings is 1. The predicted molar refractivity (Wildman–Crippen MR) is 121 cm³/mol. The summed E-state index contributed by atoms with van der Waals surface area (Å²) < 4.78 is 40.8. The van der Waals surface area contributed by atoms with E-state index in [9.17, 15) is 13.2 Å². The molecule has 1 N–H and O–H groups in total. The van der Waals surface area contributed by atoms with E-state index in [4.69, 9.17) is 0 Å². The largest absolute Gasteiger partial charge is 0.370 e. The molecule has 0 spiro atoms. The summed E-state index contributed by atoms with van der Waals surface area (Å²) in [6, 6.07) is 6.83. The van der Waals surface area contributed by atoms with Crippen LogP contribution in [-0.4, -0.2) is 31.5 Å². The Bertz CT molecular complexity index is 1260. The second-order valence-corrected chi connectivity index (χ2v) is 8.02. The van der Waals surface area contributed by atoms with Gasteiger partial charge >= 0.3 is 0 Å². The van der Waals surface area contributed by atoms with Crippen LogP contribution in [0.1, 0.15) is 43.1 Å². The minimum Gasteiger partial charge on any atom is -0.370 e. The Hall–Kier alpha value is -3.62. The van der Waals surface area contributed by atoms with Crippen LogP contribution in [0.4, 0.5) is 19.0 Å². The quantitative estimate of drug-likeness (QED) is 0.387. The van der Waals surface area contributed by atoms with E-state index in [1.165, 1.54) is 12.4 Å². The standard InChI is InChI=1S/C24H23F3N6/c1-13(8-30-21-7-20(32-12-33-21)16-9-28-15(3)29-10-16)14(2)17-5-4-6-18-22(24(26)27)19(25)11-31-23(17)18/h4-7,9-14,24H,8H2,1-3H3,(H,30,32,33). The average Bonchev–Trinajstić information content (AvgIpc) is 2.82. The Kier molecular flexibility index (Phi) is 6.48. The highest BCUT2D eigenvalue weighted by Gasteiger charge is 2.22. The molecule has 0 amide bonds. The molecular formula is C24H23F3N6.